The Kier molecular flexibility index (Phi) is 9.06. The Morgan fingerprint density at radius 1 is 0.542 bits per heavy atom. The minimum absolute atomic E-state index is 0.0757. The smallest absolute Gasteiger partial charge is 0.314 e. The van der Waals surface area contributed by atoms with E-state index in [1.165, 1.54) is 14.2 Å². The first-order valence-electron chi connectivity index (χ1n) is 17.3. The van der Waals surface area contributed by atoms with Crippen LogP contribution in [0.2, 0.25) is 0 Å². The van der Waals surface area contributed by atoms with Crippen molar-refractivity contribution in [1.82, 2.24) is 9.80 Å². The third-order valence-corrected chi connectivity index (χ3v) is 12.4. The van der Waals surface area contributed by atoms with Crippen molar-refractivity contribution in [3.05, 3.63) is 71.8 Å². The quantitative estimate of drug-likeness (QED) is 0.306. The summed E-state index contributed by atoms with van der Waals surface area (Å²) in [6.07, 6.45) is 3.24. The van der Waals surface area contributed by atoms with Gasteiger partial charge in [-0.2, -0.15) is 0 Å². The molecule has 4 saturated heterocycles. The summed E-state index contributed by atoms with van der Waals surface area (Å²) in [7, 11) is 6.77. The van der Waals surface area contributed by atoms with Crippen LogP contribution in [-0.2, 0) is 38.1 Å². The van der Waals surface area contributed by atoms with Crippen LogP contribution in [0.4, 0.5) is 0 Å². The Bertz CT molecular complexity index is 1410. The molecule has 256 valence electrons. The highest BCUT2D eigenvalue weighted by molar-refractivity contribution is 5.88. The van der Waals surface area contributed by atoms with Crippen molar-refractivity contribution in [3.8, 4) is 0 Å². The van der Waals surface area contributed by atoms with Crippen molar-refractivity contribution in [1.29, 1.82) is 0 Å². The molecule has 2 aromatic carbocycles. The van der Waals surface area contributed by atoms with Gasteiger partial charge < -0.3 is 18.9 Å². The second kappa shape index (κ2) is 13.3. The number of carbonyl (C=O) groups excluding carboxylic acids is 4. The zero-order valence-electron chi connectivity index (χ0n) is 28.1. The lowest BCUT2D eigenvalue weighted by molar-refractivity contribution is -0.190. The van der Waals surface area contributed by atoms with Crippen molar-refractivity contribution >= 4 is 23.9 Å². The molecule has 0 spiro atoms. The topological polar surface area (TPSA) is 112 Å². The number of esters is 4. The lowest BCUT2D eigenvalue weighted by atomic mass is 9.52. The molecule has 5 fully saturated rings. The van der Waals surface area contributed by atoms with Gasteiger partial charge in [-0.05, 0) is 50.9 Å². The van der Waals surface area contributed by atoms with Crippen LogP contribution in [0.5, 0.6) is 0 Å². The van der Waals surface area contributed by atoms with Gasteiger partial charge >= 0.3 is 23.9 Å². The van der Waals surface area contributed by atoms with Crippen LogP contribution < -0.4 is 0 Å². The molecular weight excluding hydrogens is 612 g/mol. The SMILES string of the molecule is COC(=O)C1C(OC(=O)[C@@H]2[C@@H](C(=O)OC3C[C@@H]4CC[C@H](C3C(=O)OC)N4C)[C@H](c3ccccc3)[C@@H]2c2ccccc2)C[C@@H]2CC[C@H]1N2C. The van der Waals surface area contributed by atoms with Crippen LogP contribution in [0.3, 0.4) is 0 Å². The molecule has 12 atom stereocenters. The number of nitrogens with zero attached hydrogens (tertiary/aromatic N) is 2. The summed E-state index contributed by atoms with van der Waals surface area (Å²) in [5.74, 6) is -5.41. The summed E-state index contributed by atoms with van der Waals surface area (Å²) in [5.41, 5.74) is 1.85. The summed E-state index contributed by atoms with van der Waals surface area (Å²) in [6, 6.07) is 19.8. The van der Waals surface area contributed by atoms with E-state index in [0.29, 0.717) is 12.8 Å². The van der Waals surface area contributed by atoms with Crippen LogP contribution in [-0.4, -0.2) is 98.4 Å². The second-order valence-electron chi connectivity index (χ2n) is 14.4. The van der Waals surface area contributed by atoms with Crippen LogP contribution in [0.15, 0.2) is 60.7 Å². The fraction of sp³-hybridized carbons (Fsp3) is 0.579. The predicted molar refractivity (Wildman–Crippen MR) is 174 cm³/mol. The number of hydrogen-bond acceptors (Lipinski definition) is 10. The molecule has 48 heavy (non-hydrogen) atoms. The number of carbonyl (C=O) groups is 4. The molecule has 4 aliphatic heterocycles. The van der Waals surface area contributed by atoms with E-state index in [-0.39, 0.29) is 47.9 Å². The molecule has 1 saturated carbocycles. The third kappa shape index (κ3) is 5.50. The normalized spacial score (nSPS) is 37.2. The highest BCUT2D eigenvalue weighted by Gasteiger charge is 2.62. The molecular formula is C38H46N2O8. The standard InChI is InChI=1S/C38H46N2O8/c1-39-23-15-17-25(39)31(35(41)45-3)27(19-23)47-37(43)33-29(21-11-7-5-8-12-21)30(22-13-9-6-10-14-22)34(33)38(44)48-28-20-24-16-18-26(40(24)2)32(28)36(42)46-4/h5-14,23-34H,15-20H2,1-4H3/t23-,24-,25+,26+,27?,28?,29-,30+,31?,32?,33-,34-/m0/s1. The maximum atomic E-state index is 14.5. The summed E-state index contributed by atoms with van der Waals surface area (Å²) in [4.78, 5) is 59.7. The number of hydrogen-bond donors (Lipinski definition) is 0. The number of ether oxygens (including phenoxy) is 4. The number of fused-ring (bicyclic) bond motifs is 4. The Morgan fingerprint density at radius 3 is 1.27 bits per heavy atom. The molecule has 4 bridgehead atoms. The molecule has 7 rings (SSSR count). The highest BCUT2D eigenvalue weighted by atomic mass is 16.6. The van der Waals surface area contributed by atoms with Crippen molar-refractivity contribution < 1.29 is 38.1 Å². The molecule has 4 unspecified atom stereocenters. The van der Waals surface area contributed by atoms with Gasteiger partial charge in [-0.3, -0.25) is 29.0 Å². The van der Waals surface area contributed by atoms with Crippen molar-refractivity contribution in [2.75, 3.05) is 28.3 Å². The number of benzene rings is 2. The third-order valence-electron chi connectivity index (χ3n) is 12.4. The molecule has 2 aromatic rings. The van der Waals surface area contributed by atoms with Crippen molar-refractivity contribution in [2.24, 2.45) is 23.7 Å². The van der Waals surface area contributed by atoms with E-state index < -0.39 is 47.8 Å². The molecule has 5 aliphatic rings. The lowest BCUT2D eigenvalue weighted by Crippen LogP contribution is -2.58. The maximum absolute atomic E-state index is 14.5. The van der Waals surface area contributed by atoms with Gasteiger partial charge in [0.15, 0.2) is 0 Å². The summed E-state index contributed by atoms with van der Waals surface area (Å²) in [5, 5.41) is 0. The van der Waals surface area contributed by atoms with Crippen LogP contribution in [0.1, 0.15) is 61.5 Å². The fourth-order valence-electron chi connectivity index (χ4n) is 9.94. The van der Waals surface area contributed by atoms with Gasteiger partial charge in [0, 0.05) is 48.8 Å². The zero-order chi connectivity index (χ0) is 33.7. The van der Waals surface area contributed by atoms with Crippen LogP contribution in [0, 0.1) is 23.7 Å². The van der Waals surface area contributed by atoms with E-state index in [2.05, 4.69) is 9.80 Å². The van der Waals surface area contributed by atoms with Gasteiger partial charge in [0.1, 0.15) is 24.0 Å². The molecule has 10 heteroatoms. The Morgan fingerprint density at radius 2 is 0.917 bits per heavy atom. The van der Waals surface area contributed by atoms with E-state index in [1.54, 1.807) is 0 Å². The average molecular weight is 659 g/mol. The molecule has 0 aromatic heterocycles. The lowest BCUT2D eigenvalue weighted by Gasteiger charge is -2.51. The van der Waals surface area contributed by atoms with E-state index in [0.717, 1.165) is 36.8 Å². The van der Waals surface area contributed by atoms with E-state index >= 15 is 0 Å². The first-order valence-corrected chi connectivity index (χ1v) is 17.3. The molecule has 0 amide bonds. The Labute approximate surface area is 282 Å². The number of methoxy groups -OCH3 is 2. The summed E-state index contributed by atoms with van der Waals surface area (Å²) in [6.45, 7) is 0. The summed E-state index contributed by atoms with van der Waals surface area (Å²) >= 11 is 0. The van der Waals surface area contributed by atoms with Crippen LogP contribution >= 0.6 is 0 Å². The molecule has 1 aliphatic carbocycles. The van der Waals surface area contributed by atoms with Gasteiger partial charge in [-0.25, -0.2) is 0 Å². The van der Waals surface area contributed by atoms with Crippen molar-refractivity contribution in [2.45, 2.75) is 86.7 Å². The van der Waals surface area contributed by atoms with Gasteiger partial charge in [-0.1, -0.05) is 60.7 Å². The minimum atomic E-state index is -0.847. The minimum Gasteiger partial charge on any atom is -0.469 e. The second-order valence-corrected chi connectivity index (χ2v) is 14.4. The summed E-state index contributed by atoms with van der Waals surface area (Å²) < 4.78 is 23.1. The van der Waals surface area contributed by atoms with Gasteiger partial charge in [0.2, 0.25) is 0 Å². The first kappa shape index (κ1) is 32.8. The fourth-order valence-corrected chi connectivity index (χ4v) is 9.94. The monoisotopic (exact) mass is 658 g/mol. The molecule has 0 N–H and O–H groups in total. The Hall–Kier alpha value is -3.76. The zero-order valence-corrected chi connectivity index (χ0v) is 28.1. The van der Waals surface area contributed by atoms with Gasteiger partial charge in [-0.15, -0.1) is 0 Å². The van der Waals surface area contributed by atoms with Crippen LogP contribution in [0.25, 0.3) is 0 Å². The number of piperidine rings is 2. The van der Waals surface area contributed by atoms with Gasteiger partial charge in [0.25, 0.3) is 0 Å². The largest absolute Gasteiger partial charge is 0.469 e. The molecule has 0 radical (unpaired) electrons. The Balaban J connectivity index is 1.23. The predicted octanol–water partition coefficient (Wildman–Crippen LogP) is 3.94. The van der Waals surface area contributed by atoms with E-state index in [4.69, 9.17) is 18.9 Å². The van der Waals surface area contributed by atoms with Crippen molar-refractivity contribution in [3.63, 3.8) is 0 Å². The molecule has 10 nitrogen and oxygen atoms in total. The highest BCUT2D eigenvalue weighted by Crippen LogP contribution is 2.59. The van der Waals surface area contributed by atoms with Gasteiger partial charge in [0.05, 0.1) is 26.1 Å². The molecule has 4 heterocycles. The maximum Gasteiger partial charge on any atom is 0.314 e. The van der Waals surface area contributed by atoms with E-state index in [1.807, 2.05) is 74.8 Å². The first-order chi connectivity index (χ1) is 23.2. The number of rotatable bonds is 8. The van der Waals surface area contributed by atoms with E-state index in [9.17, 15) is 19.2 Å². The average Bonchev–Trinajstić information content (AvgIpc) is 3.45.